The van der Waals surface area contributed by atoms with E-state index in [9.17, 15) is 4.39 Å². The number of hydrogen-bond acceptors (Lipinski definition) is 1. The van der Waals surface area contributed by atoms with Gasteiger partial charge in [-0.3, -0.25) is 0 Å². The number of rotatable bonds is 3. The van der Waals surface area contributed by atoms with Gasteiger partial charge in [0.05, 0.1) is 11.0 Å². The molecule has 1 aliphatic rings. The lowest BCUT2D eigenvalue weighted by Gasteiger charge is -2.05. The molecule has 0 unspecified atom stereocenters. The molecule has 18 heavy (non-hydrogen) atoms. The topological polar surface area (TPSA) is 20.7 Å². The van der Waals surface area contributed by atoms with E-state index in [4.69, 9.17) is 12.2 Å². The number of nitrogens with zero attached hydrogens (tertiary/aromatic N) is 1. The van der Waals surface area contributed by atoms with Crippen LogP contribution >= 0.6 is 12.2 Å². The predicted molar refractivity (Wildman–Crippen MR) is 73.6 cm³/mol. The van der Waals surface area contributed by atoms with Gasteiger partial charge in [-0.1, -0.05) is 11.6 Å². The first-order valence-corrected chi connectivity index (χ1v) is 6.71. The van der Waals surface area contributed by atoms with E-state index in [1.54, 1.807) is 12.1 Å². The Bertz CT molecular complexity index is 666. The number of allylic oxidation sites excluding steroid dienone is 2. The molecule has 1 N–H and O–H groups in total. The van der Waals surface area contributed by atoms with Crippen LogP contribution in [-0.2, 0) is 6.54 Å². The third-order valence-corrected chi connectivity index (χ3v) is 3.85. The molecule has 1 aromatic heterocycles. The summed E-state index contributed by atoms with van der Waals surface area (Å²) >= 11 is 5.30. The van der Waals surface area contributed by atoms with Crippen molar-refractivity contribution in [2.45, 2.75) is 32.2 Å². The second-order valence-corrected chi connectivity index (χ2v) is 5.13. The number of aromatic nitrogens is 2. The lowest BCUT2D eigenvalue weighted by Crippen LogP contribution is -1.99. The van der Waals surface area contributed by atoms with Crippen molar-refractivity contribution >= 4 is 23.3 Å². The van der Waals surface area contributed by atoms with E-state index in [2.05, 4.69) is 11.1 Å². The Morgan fingerprint density at radius 1 is 1.39 bits per heavy atom. The molecule has 0 saturated heterocycles. The highest BCUT2D eigenvalue weighted by molar-refractivity contribution is 7.71. The summed E-state index contributed by atoms with van der Waals surface area (Å²) in [6.45, 7) is 0.828. The maximum absolute atomic E-state index is 13.3. The predicted octanol–water partition coefficient (Wildman–Crippen LogP) is 4.34. The maximum atomic E-state index is 13.3. The van der Waals surface area contributed by atoms with Crippen molar-refractivity contribution in [2.24, 2.45) is 0 Å². The molecule has 4 heteroatoms. The maximum Gasteiger partial charge on any atom is 0.178 e. The van der Waals surface area contributed by atoms with Crippen molar-refractivity contribution in [3.8, 4) is 0 Å². The number of nitrogens with one attached hydrogen (secondary N) is 1. The van der Waals surface area contributed by atoms with Gasteiger partial charge in [-0.25, -0.2) is 4.39 Å². The van der Waals surface area contributed by atoms with Gasteiger partial charge >= 0.3 is 0 Å². The van der Waals surface area contributed by atoms with Crippen LogP contribution in [0.15, 0.2) is 29.8 Å². The quantitative estimate of drug-likeness (QED) is 0.644. The summed E-state index contributed by atoms with van der Waals surface area (Å²) in [5.74, 6) is -0.217. The van der Waals surface area contributed by atoms with Gasteiger partial charge in [0, 0.05) is 6.54 Å². The zero-order valence-corrected chi connectivity index (χ0v) is 10.9. The number of hydrogen-bond donors (Lipinski definition) is 1. The van der Waals surface area contributed by atoms with Gasteiger partial charge in [-0.15, -0.1) is 0 Å². The summed E-state index contributed by atoms with van der Waals surface area (Å²) in [5, 5.41) is 0. The molecule has 2 nitrogen and oxygen atoms in total. The number of benzene rings is 1. The van der Waals surface area contributed by atoms with Crippen LogP contribution in [0.2, 0.25) is 0 Å². The summed E-state index contributed by atoms with van der Waals surface area (Å²) in [5.41, 5.74) is 3.27. The van der Waals surface area contributed by atoms with Crippen LogP contribution in [-0.4, -0.2) is 9.55 Å². The number of H-pyrrole nitrogens is 1. The molecular weight excluding hydrogens is 247 g/mol. The monoisotopic (exact) mass is 262 g/mol. The van der Waals surface area contributed by atoms with Crippen LogP contribution in [0.25, 0.3) is 11.0 Å². The molecule has 0 fully saturated rings. The lowest BCUT2D eigenvalue weighted by atomic mass is 10.1. The van der Waals surface area contributed by atoms with Crippen molar-refractivity contribution in [3.63, 3.8) is 0 Å². The second kappa shape index (κ2) is 4.69. The molecule has 0 atom stereocenters. The zero-order chi connectivity index (χ0) is 12.5. The molecular formula is C14H15FN2S. The molecule has 0 saturated carbocycles. The Kier molecular flexibility index (Phi) is 3.04. The summed E-state index contributed by atoms with van der Waals surface area (Å²) in [6.07, 6.45) is 6.99. The van der Waals surface area contributed by atoms with Crippen molar-refractivity contribution < 1.29 is 4.39 Å². The van der Waals surface area contributed by atoms with E-state index in [0.717, 1.165) is 24.0 Å². The van der Waals surface area contributed by atoms with Gasteiger partial charge in [-0.05, 0) is 56.1 Å². The second-order valence-electron chi connectivity index (χ2n) is 4.75. The number of imidazole rings is 1. The van der Waals surface area contributed by atoms with Crippen molar-refractivity contribution in [3.05, 3.63) is 40.4 Å². The average Bonchev–Trinajstić information content (AvgIpc) is 2.94. The highest BCUT2D eigenvalue weighted by atomic mass is 32.1. The van der Waals surface area contributed by atoms with Crippen molar-refractivity contribution in [2.75, 3.05) is 0 Å². The highest BCUT2D eigenvalue weighted by Crippen LogP contribution is 2.23. The minimum atomic E-state index is -0.217. The Hall–Kier alpha value is -1.42. The van der Waals surface area contributed by atoms with Gasteiger partial charge in [0.25, 0.3) is 0 Å². The third kappa shape index (κ3) is 2.12. The van der Waals surface area contributed by atoms with E-state index in [1.807, 2.05) is 4.57 Å². The number of halogens is 1. The van der Waals surface area contributed by atoms with E-state index in [-0.39, 0.29) is 5.82 Å². The summed E-state index contributed by atoms with van der Waals surface area (Å²) in [6, 6.07) is 4.74. The highest BCUT2D eigenvalue weighted by Gasteiger charge is 2.08. The smallest absolute Gasteiger partial charge is 0.178 e. The lowest BCUT2D eigenvalue weighted by molar-refractivity contribution is 0.626. The fourth-order valence-electron chi connectivity index (χ4n) is 2.57. The van der Waals surface area contributed by atoms with Gasteiger partial charge in [-0.2, -0.15) is 0 Å². The Labute approximate surface area is 110 Å². The van der Waals surface area contributed by atoms with Gasteiger partial charge < -0.3 is 9.55 Å². The SMILES string of the molecule is Fc1ccc2[nH]c(=S)n(CCC3=CCCC3)c2c1. The summed E-state index contributed by atoms with van der Waals surface area (Å²) in [4.78, 5) is 3.12. The van der Waals surface area contributed by atoms with Gasteiger partial charge in [0.2, 0.25) is 0 Å². The van der Waals surface area contributed by atoms with Crippen LogP contribution in [0.4, 0.5) is 4.39 Å². The average molecular weight is 262 g/mol. The summed E-state index contributed by atoms with van der Waals surface area (Å²) < 4.78 is 16.0. The van der Waals surface area contributed by atoms with Crippen molar-refractivity contribution in [1.29, 1.82) is 0 Å². The van der Waals surface area contributed by atoms with E-state index in [1.165, 1.54) is 30.9 Å². The van der Waals surface area contributed by atoms with E-state index >= 15 is 0 Å². The largest absolute Gasteiger partial charge is 0.331 e. The van der Waals surface area contributed by atoms with Crippen LogP contribution in [0.3, 0.4) is 0 Å². The Balaban J connectivity index is 1.92. The fraction of sp³-hybridized carbons (Fsp3) is 0.357. The molecule has 0 aliphatic heterocycles. The molecule has 0 spiro atoms. The zero-order valence-electron chi connectivity index (χ0n) is 10.1. The first-order valence-electron chi connectivity index (χ1n) is 6.30. The Morgan fingerprint density at radius 3 is 3.06 bits per heavy atom. The molecule has 1 heterocycles. The molecule has 1 aliphatic carbocycles. The van der Waals surface area contributed by atoms with Crippen molar-refractivity contribution in [1.82, 2.24) is 9.55 Å². The minimum absolute atomic E-state index is 0.217. The molecule has 3 rings (SSSR count). The number of fused-ring (bicyclic) bond motifs is 1. The molecule has 0 radical (unpaired) electrons. The standard InChI is InChI=1S/C14H15FN2S/c15-11-5-6-12-13(9-11)17(14(18)16-12)8-7-10-3-1-2-4-10/h3,5-6,9H,1-2,4,7-8H2,(H,16,18). The number of aryl methyl sites for hydroxylation is 1. The Morgan fingerprint density at radius 2 is 2.28 bits per heavy atom. The molecule has 2 aromatic rings. The van der Waals surface area contributed by atoms with E-state index < -0.39 is 0 Å². The molecule has 0 bridgehead atoms. The fourth-order valence-corrected chi connectivity index (χ4v) is 2.87. The number of aromatic amines is 1. The van der Waals surface area contributed by atoms with Gasteiger partial charge in [0.15, 0.2) is 4.77 Å². The minimum Gasteiger partial charge on any atom is -0.331 e. The molecule has 94 valence electrons. The summed E-state index contributed by atoms with van der Waals surface area (Å²) in [7, 11) is 0. The van der Waals surface area contributed by atoms with Crippen LogP contribution in [0, 0.1) is 10.6 Å². The van der Waals surface area contributed by atoms with Crippen LogP contribution in [0.1, 0.15) is 25.7 Å². The first kappa shape index (κ1) is 11.7. The third-order valence-electron chi connectivity index (χ3n) is 3.53. The first-order chi connectivity index (χ1) is 8.74. The van der Waals surface area contributed by atoms with Gasteiger partial charge in [0.1, 0.15) is 5.82 Å². The van der Waals surface area contributed by atoms with E-state index in [0.29, 0.717) is 4.77 Å². The molecule has 0 amide bonds. The normalized spacial score (nSPS) is 15.3. The molecule has 1 aromatic carbocycles. The van der Waals surface area contributed by atoms with Crippen LogP contribution < -0.4 is 0 Å². The van der Waals surface area contributed by atoms with Crippen LogP contribution in [0.5, 0.6) is 0 Å².